The molecule has 0 radical (unpaired) electrons. The predicted molar refractivity (Wildman–Crippen MR) is 87.7 cm³/mol. The van der Waals surface area contributed by atoms with Crippen LogP contribution in [-0.2, 0) is 14.3 Å². The summed E-state index contributed by atoms with van der Waals surface area (Å²) < 4.78 is 11.8. The summed E-state index contributed by atoms with van der Waals surface area (Å²) in [6.45, 7) is 3.27. The van der Waals surface area contributed by atoms with E-state index < -0.39 is 0 Å². The van der Waals surface area contributed by atoms with Gasteiger partial charge in [0.15, 0.2) is 0 Å². The first-order valence-electron chi connectivity index (χ1n) is 8.01. The van der Waals surface area contributed by atoms with Crippen LogP contribution in [0.4, 0.5) is 5.13 Å². The van der Waals surface area contributed by atoms with E-state index in [9.17, 15) is 4.79 Å². The maximum absolute atomic E-state index is 11.7. The van der Waals surface area contributed by atoms with E-state index in [1.54, 1.807) is 35.8 Å². The van der Waals surface area contributed by atoms with Crippen molar-refractivity contribution in [2.75, 3.05) is 51.9 Å². The molecule has 8 heteroatoms. The second-order valence-corrected chi connectivity index (χ2v) is 7.35. The summed E-state index contributed by atoms with van der Waals surface area (Å²) in [6.07, 6.45) is 3.26. The first-order chi connectivity index (χ1) is 11.1. The molecule has 2 saturated heterocycles. The minimum atomic E-state index is -0.0608. The van der Waals surface area contributed by atoms with Crippen molar-refractivity contribution >= 4 is 22.4 Å². The number of anilines is 1. The SMILES string of the molecule is CN(C)C(=O)COCC12CCCOC1CCN(c1nncs1)C2. The monoisotopic (exact) mass is 340 g/mol. The van der Waals surface area contributed by atoms with E-state index in [2.05, 4.69) is 15.1 Å². The first kappa shape index (κ1) is 16.6. The molecule has 7 nitrogen and oxygen atoms in total. The van der Waals surface area contributed by atoms with Crippen molar-refractivity contribution in [1.82, 2.24) is 15.1 Å². The Labute approximate surface area is 140 Å². The molecule has 2 aliphatic heterocycles. The predicted octanol–water partition coefficient (Wildman–Crippen LogP) is 1.02. The van der Waals surface area contributed by atoms with Crippen LogP contribution in [-0.4, -0.2) is 74.1 Å². The molecule has 0 N–H and O–H groups in total. The fourth-order valence-electron chi connectivity index (χ4n) is 3.44. The Kier molecular flexibility index (Phi) is 5.13. The zero-order valence-electron chi connectivity index (χ0n) is 13.7. The number of likely N-dealkylation sites (N-methyl/N-ethyl adjacent to an activating group) is 1. The van der Waals surface area contributed by atoms with Gasteiger partial charge in [0.1, 0.15) is 12.1 Å². The van der Waals surface area contributed by atoms with Gasteiger partial charge in [0.2, 0.25) is 11.0 Å². The van der Waals surface area contributed by atoms with Gasteiger partial charge in [-0.2, -0.15) is 0 Å². The topological polar surface area (TPSA) is 67.8 Å². The van der Waals surface area contributed by atoms with Gasteiger partial charge in [-0.15, -0.1) is 10.2 Å². The highest BCUT2D eigenvalue weighted by Gasteiger charge is 2.46. The summed E-state index contributed by atoms with van der Waals surface area (Å²) in [5, 5.41) is 9.09. The maximum atomic E-state index is 11.7. The average Bonchev–Trinajstić information content (AvgIpc) is 3.08. The Morgan fingerprint density at radius 3 is 3.22 bits per heavy atom. The number of nitrogens with zero attached hydrogens (tertiary/aromatic N) is 4. The van der Waals surface area contributed by atoms with Crippen LogP contribution in [0, 0.1) is 5.41 Å². The average molecular weight is 340 g/mol. The van der Waals surface area contributed by atoms with E-state index in [0.717, 1.165) is 44.1 Å². The molecule has 128 valence electrons. The van der Waals surface area contributed by atoms with Crippen molar-refractivity contribution in [2.45, 2.75) is 25.4 Å². The summed E-state index contributed by atoms with van der Waals surface area (Å²) in [5.74, 6) is -0.00790. The summed E-state index contributed by atoms with van der Waals surface area (Å²) >= 11 is 1.56. The summed E-state index contributed by atoms with van der Waals surface area (Å²) in [7, 11) is 3.49. The Morgan fingerprint density at radius 1 is 1.61 bits per heavy atom. The summed E-state index contributed by atoms with van der Waals surface area (Å²) in [6, 6.07) is 0. The Balaban J connectivity index is 1.67. The number of carbonyl (C=O) groups excluding carboxylic acids is 1. The molecule has 0 spiro atoms. The number of ether oxygens (including phenoxy) is 2. The van der Waals surface area contributed by atoms with Crippen LogP contribution >= 0.6 is 11.3 Å². The summed E-state index contributed by atoms with van der Waals surface area (Å²) in [4.78, 5) is 15.6. The molecule has 2 aliphatic rings. The number of aromatic nitrogens is 2. The second-order valence-electron chi connectivity index (χ2n) is 6.54. The molecule has 0 aromatic carbocycles. The van der Waals surface area contributed by atoms with Crippen molar-refractivity contribution in [1.29, 1.82) is 0 Å². The number of piperidine rings is 1. The molecule has 2 atom stereocenters. The lowest BCUT2D eigenvalue weighted by Crippen LogP contribution is -2.57. The number of carbonyl (C=O) groups is 1. The maximum Gasteiger partial charge on any atom is 0.248 e. The zero-order chi connectivity index (χ0) is 16.3. The normalized spacial score (nSPS) is 27.6. The zero-order valence-corrected chi connectivity index (χ0v) is 14.5. The quantitative estimate of drug-likeness (QED) is 0.797. The molecule has 0 bridgehead atoms. The number of fused-ring (bicyclic) bond motifs is 1. The molecule has 1 aromatic heterocycles. The van der Waals surface area contributed by atoms with E-state index in [0.29, 0.717) is 6.61 Å². The van der Waals surface area contributed by atoms with Gasteiger partial charge in [-0.3, -0.25) is 4.79 Å². The third-order valence-electron chi connectivity index (χ3n) is 4.72. The van der Waals surface area contributed by atoms with Gasteiger partial charge in [0, 0.05) is 39.2 Å². The molecule has 23 heavy (non-hydrogen) atoms. The van der Waals surface area contributed by atoms with Crippen molar-refractivity contribution in [3.8, 4) is 0 Å². The van der Waals surface area contributed by atoms with Crippen molar-refractivity contribution in [3.63, 3.8) is 0 Å². The largest absolute Gasteiger partial charge is 0.377 e. The minimum absolute atomic E-state index is 0.00790. The first-order valence-corrected chi connectivity index (χ1v) is 8.89. The van der Waals surface area contributed by atoms with Gasteiger partial charge in [-0.1, -0.05) is 11.3 Å². The molecule has 1 aromatic rings. The third kappa shape index (κ3) is 3.64. The molecule has 0 saturated carbocycles. The van der Waals surface area contributed by atoms with Crippen LogP contribution in [0.15, 0.2) is 5.51 Å². The van der Waals surface area contributed by atoms with Gasteiger partial charge >= 0.3 is 0 Å². The number of hydrogen-bond donors (Lipinski definition) is 0. The Hall–Kier alpha value is -1.25. The fraction of sp³-hybridized carbons (Fsp3) is 0.800. The molecular formula is C15H24N4O3S. The van der Waals surface area contributed by atoms with Crippen LogP contribution in [0.1, 0.15) is 19.3 Å². The van der Waals surface area contributed by atoms with Crippen LogP contribution in [0.25, 0.3) is 0 Å². The highest BCUT2D eigenvalue weighted by atomic mass is 32.1. The third-order valence-corrected chi connectivity index (χ3v) is 5.47. The minimum Gasteiger partial charge on any atom is -0.377 e. The van der Waals surface area contributed by atoms with Crippen LogP contribution in [0.3, 0.4) is 0 Å². The summed E-state index contributed by atoms with van der Waals surface area (Å²) in [5.41, 5.74) is 1.70. The van der Waals surface area contributed by atoms with E-state index in [4.69, 9.17) is 9.47 Å². The van der Waals surface area contributed by atoms with Crippen LogP contribution in [0.2, 0.25) is 0 Å². The number of amides is 1. The lowest BCUT2D eigenvalue weighted by Gasteiger charge is -2.50. The molecule has 3 heterocycles. The fourth-order valence-corrected chi connectivity index (χ4v) is 4.03. The van der Waals surface area contributed by atoms with Gasteiger partial charge in [-0.05, 0) is 19.3 Å². The molecule has 2 unspecified atom stereocenters. The van der Waals surface area contributed by atoms with E-state index in [-0.39, 0.29) is 24.0 Å². The standard InChI is InChI=1S/C15H24N4O3S/c1-18(2)13(20)8-21-10-15-5-3-7-22-12(15)4-6-19(9-15)14-17-16-11-23-14/h11-12H,3-10H2,1-2H3. The Morgan fingerprint density at radius 2 is 2.48 bits per heavy atom. The smallest absolute Gasteiger partial charge is 0.248 e. The van der Waals surface area contributed by atoms with Crippen molar-refractivity contribution in [2.24, 2.45) is 5.41 Å². The van der Waals surface area contributed by atoms with Crippen molar-refractivity contribution < 1.29 is 14.3 Å². The Bertz CT molecular complexity index is 525. The van der Waals surface area contributed by atoms with E-state index in [1.807, 2.05) is 0 Å². The van der Waals surface area contributed by atoms with Gasteiger partial charge in [0.25, 0.3) is 0 Å². The molecular weight excluding hydrogens is 316 g/mol. The van der Waals surface area contributed by atoms with Gasteiger partial charge in [0.05, 0.1) is 12.7 Å². The molecule has 3 rings (SSSR count). The highest BCUT2D eigenvalue weighted by molar-refractivity contribution is 7.13. The van der Waals surface area contributed by atoms with Crippen LogP contribution in [0.5, 0.6) is 0 Å². The van der Waals surface area contributed by atoms with Gasteiger partial charge < -0.3 is 19.3 Å². The lowest BCUT2D eigenvalue weighted by molar-refractivity contribution is -0.144. The molecule has 0 aliphatic carbocycles. The van der Waals surface area contributed by atoms with Crippen LogP contribution < -0.4 is 4.90 Å². The number of hydrogen-bond acceptors (Lipinski definition) is 7. The lowest BCUT2D eigenvalue weighted by atomic mass is 9.73. The molecule has 1 amide bonds. The highest BCUT2D eigenvalue weighted by Crippen LogP contribution is 2.41. The van der Waals surface area contributed by atoms with Crippen molar-refractivity contribution in [3.05, 3.63) is 5.51 Å². The van der Waals surface area contributed by atoms with Gasteiger partial charge in [-0.25, -0.2) is 0 Å². The van der Waals surface area contributed by atoms with E-state index >= 15 is 0 Å². The second kappa shape index (κ2) is 7.11. The molecule has 2 fully saturated rings. The number of rotatable bonds is 5. The van der Waals surface area contributed by atoms with E-state index in [1.165, 1.54) is 0 Å².